The molecule has 0 saturated carbocycles. The minimum atomic E-state index is -1.12. The summed E-state index contributed by atoms with van der Waals surface area (Å²) in [7, 11) is 0. The van der Waals surface area contributed by atoms with E-state index in [-0.39, 0.29) is 16.3 Å². The van der Waals surface area contributed by atoms with Gasteiger partial charge in [0.15, 0.2) is 11.6 Å². The van der Waals surface area contributed by atoms with Crippen LogP contribution in [-0.4, -0.2) is 5.97 Å². The van der Waals surface area contributed by atoms with Gasteiger partial charge in [-0.25, -0.2) is 13.6 Å². The molecular weight excluding hydrogens is 297 g/mol. The lowest BCUT2D eigenvalue weighted by atomic mass is 10.2. The van der Waals surface area contributed by atoms with E-state index in [1.807, 2.05) is 0 Å². The lowest BCUT2D eigenvalue weighted by Crippen LogP contribution is -2.09. The summed E-state index contributed by atoms with van der Waals surface area (Å²) < 4.78 is 30.7. The summed E-state index contributed by atoms with van der Waals surface area (Å²) in [5.74, 6) is -2.82. The lowest BCUT2D eigenvalue weighted by molar-refractivity contribution is 0.0734. The van der Waals surface area contributed by atoms with Crippen LogP contribution in [0.4, 0.5) is 8.78 Å². The monoisotopic (exact) mass is 302 g/mol. The predicted octanol–water partition coefficient (Wildman–Crippen LogP) is 4.49. The molecule has 0 aliphatic carbocycles. The smallest absolute Gasteiger partial charge is 0.343 e. The Morgan fingerprint density at radius 1 is 0.947 bits per heavy atom. The Labute approximate surface area is 117 Å². The zero-order chi connectivity index (χ0) is 14.0. The van der Waals surface area contributed by atoms with Crippen LogP contribution in [0, 0.1) is 11.6 Å². The minimum absolute atomic E-state index is 0.107. The number of hydrogen-bond donors (Lipinski definition) is 0. The van der Waals surface area contributed by atoms with Crippen molar-refractivity contribution in [2.75, 3.05) is 0 Å². The maximum Gasteiger partial charge on any atom is 0.343 e. The molecule has 0 N–H and O–H groups in total. The molecule has 0 saturated heterocycles. The zero-order valence-electron chi connectivity index (χ0n) is 9.29. The number of ether oxygens (including phenoxy) is 1. The number of hydrogen-bond acceptors (Lipinski definition) is 2. The summed E-state index contributed by atoms with van der Waals surface area (Å²) in [5, 5.41) is 0.534. The molecule has 0 atom stereocenters. The average molecular weight is 303 g/mol. The van der Waals surface area contributed by atoms with Crippen LogP contribution in [-0.2, 0) is 0 Å². The van der Waals surface area contributed by atoms with Gasteiger partial charge in [-0.3, -0.25) is 0 Å². The van der Waals surface area contributed by atoms with Crippen molar-refractivity contribution in [1.82, 2.24) is 0 Å². The molecule has 0 unspecified atom stereocenters. The molecule has 19 heavy (non-hydrogen) atoms. The van der Waals surface area contributed by atoms with Gasteiger partial charge in [-0.15, -0.1) is 0 Å². The second-order valence-electron chi connectivity index (χ2n) is 3.59. The minimum Gasteiger partial charge on any atom is -0.423 e. The van der Waals surface area contributed by atoms with E-state index < -0.39 is 17.6 Å². The molecule has 6 heteroatoms. The Kier molecular flexibility index (Phi) is 4.02. The first-order chi connectivity index (χ1) is 8.97. The number of carbonyl (C=O) groups excluding carboxylic acids is 1. The van der Waals surface area contributed by atoms with Gasteiger partial charge in [-0.2, -0.15) is 0 Å². The van der Waals surface area contributed by atoms with Crippen molar-refractivity contribution < 1.29 is 18.3 Å². The summed E-state index contributed by atoms with van der Waals surface area (Å²) in [6, 6.07) is 6.97. The molecule has 0 heterocycles. The molecule has 2 aromatic carbocycles. The van der Waals surface area contributed by atoms with Gasteiger partial charge in [0.05, 0.1) is 15.6 Å². The second kappa shape index (κ2) is 5.55. The van der Waals surface area contributed by atoms with Crippen molar-refractivity contribution in [2.24, 2.45) is 0 Å². The van der Waals surface area contributed by atoms with Crippen LogP contribution in [0.5, 0.6) is 5.75 Å². The zero-order valence-corrected chi connectivity index (χ0v) is 10.8. The maximum absolute atomic E-state index is 13.0. The third kappa shape index (κ3) is 3.22. The highest BCUT2D eigenvalue weighted by Gasteiger charge is 2.12. The molecule has 0 aromatic heterocycles. The molecule has 0 radical (unpaired) electrons. The van der Waals surface area contributed by atoms with Crippen LogP contribution in [0.1, 0.15) is 10.4 Å². The van der Waals surface area contributed by atoms with Gasteiger partial charge in [0.1, 0.15) is 5.75 Å². The van der Waals surface area contributed by atoms with Gasteiger partial charge < -0.3 is 4.74 Å². The molecule has 0 amide bonds. The summed E-state index contributed by atoms with van der Waals surface area (Å²) >= 11 is 11.5. The van der Waals surface area contributed by atoms with E-state index in [0.717, 1.165) is 18.2 Å². The van der Waals surface area contributed by atoms with Gasteiger partial charge in [0.25, 0.3) is 0 Å². The molecule has 2 rings (SSSR count). The van der Waals surface area contributed by atoms with Crippen molar-refractivity contribution in [2.45, 2.75) is 0 Å². The van der Waals surface area contributed by atoms with Gasteiger partial charge in [0, 0.05) is 6.07 Å². The van der Waals surface area contributed by atoms with Crippen molar-refractivity contribution in [1.29, 1.82) is 0 Å². The Balaban J connectivity index is 2.20. The summed E-state index contributed by atoms with van der Waals surface area (Å²) in [4.78, 5) is 11.7. The Hall–Kier alpha value is -1.65. The van der Waals surface area contributed by atoms with E-state index in [2.05, 4.69) is 0 Å². The topological polar surface area (TPSA) is 26.3 Å². The van der Waals surface area contributed by atoms with Crippen molar-refractivity contribution >= 4 is 29.2 Å². The third-order valence-corrected chi connectivity index (χ3v) is 3.00. The second-order valence-corrected chi connectivity index (χ2v) is 4.41. The van der Waals surface area contributed by atoms with Crippen molar-refractivity contribution in [3.8, 4) is 5.75 Å². The van der Waals surface area contributed by atoms with E-state index >= 15 is 0 Å². The van der Waals surface area contributed by atoms with Crippen LogP contribution < -0.4 is 4.74 Å². The number of halogens is 4. The van der Waals surface area contributed by atoms with Crippen LogP contribution in [0.2, 0.25) is 10.0 Å². The molecular formula is C13H6Cl2F2O2. The van der Waals surface area contributed by atoms with E-state index in [0.29, 0.717) is 5.02 Å². The van der Waals surface area contributed by atoms with Crippen molar-refractivity contribution in [3.63, 3.8) is 0 Å². The normalized spacial score (nSPS) is 10.3. The van der Waals surface area contributed by atoms with Gasteiger partial charge in [0.2, 0.25) is 0 Å². The SMILES string of the molecule is O=C(Oc1ccc(Cl)c(Cl)c1)c1ccc(F)c(F)c1. The Bertz CT molecular complexity index is 645. The van der Waals surface area contributed by atoms with Gasteiger partial charge in [-0.1, -0.05) is 23.2 Å². The average Bonchev–Trinajstić information content (AvgIpc) is 2.37. The van der Waals surface area contributed by atoms with Crippen LogP contribution in [0.15, 0.2) is 36.4 Å². The van der Waals surface area contributed by atoms with Crippen molar-refractivity contribution in [3.05, 3.63) is 63.6 Å². The fraction of sp³-hybridized carbons (Fsp3) is 0. The molecule has 2 aromatic rings. The first-order valence-electron chi connectivity index (χ1n) is 5.09. The standard InChI is InChI=1S/C13H6Cl2F2O2/c14-9-3-2-8(6-10(9)15)19-13(18)7-1-4-11(16)12(17)5-7/h1-6H. The molecule has 0 bridgehead atoms. The number of esters is 1. The Morgan fingerprint density at radius 2 is 1.68 bits per heavy atom. The van der Waals surface area contributed by atoms with E-state index in [1.165, 1.54) is 18.2 Å². The van der Waals surface area contributed by atoms with Gasteiger partial charge in [-0.05, 0) is 30.3 Å². The predicted molar refractivity (Wildman–Crippen MR) is 67.8 cm³/mol. The maximum atomic E-state index is 13.0. The fourth-order valence-corrected chi connectivity index (χ4v) is 1.62. The van der Waals surface area contributed by atoms with Gasteiger partial charge >= 0.3 is 5.97 Å². The highest BCUT2D eigenvalue weighted by atomic mass is 35.5. The molecule has 98 valence electrons. The molecule has 0 spiro atoms. The lowest BCUT2D eigenvalue weighted by Gasteiger charge is -2.05. The first-order valence-corrected chi connectivity index (χ1v) is 5.85. The molecule has 0 aliphatic heterocycles. The van der Waals surface area contributed by atoms with E-state index in [9.17, 15) is 13.6 Å². The Morgan fingerprint density at radius 3 is 2.32 bits per heavy atom. The summed E-state index contributed by atoms with van der Waals surface area (Å²) in [5.41, 5.74) is -0.107. The van der Waals surface area contributed by atoms with Crippen LogP contribution >= 0.6 is 23.2 Å². The number of benzene rings is 2. The van der Waals surface area contributed by atoms with E-state index in [4.69, 9.17) is 27.9 Å². The number of rotatable bonds is 2. The number of carbonyl (C=O) groups is 1. The molecule has 2 nitrogen and oxygen atoms in total. The first kappa shape index (κ1) is 13.8. The molecule has 0 fully saturated rings. The molecule has 0 aliphatic rings. The fourth-order valence-electron chi connectivity index (χ4n) is 1.33. The van der Waals surface area contributed by atoms with Crippen LogP contribution in [0.25, 0.3) is 0 Å². The quantitative estimate of drug-likeness (QED) is 0.603. The highest BCUT2D eigenvalue weighted by molar-refractivity contribution is 6.42. The largest absolute Gasteiger partial charge is 0.423 e. The van der Waals surface area contributed by atoms with E-state index in [1.54, 1.807) is 0 Å². The highest BCUT2D eigenvalue weighted by Crippen LogP contribution is 2.26. The summed E-state index contributed by atoms with van der Waals surface area (Å²) in [6.45, 7) is 0. The third-order valence-electron chi connectivity index (χ3n) is 2.26. The summed E-state index contributed by atoms with van der Waals surface area (Å²) in [6.07, 6.45) is 0. The van der Waals surface area contributed by atoms with Crippen LogP contribution in [0.3, 0.4) is 0 Å².